The van der Waals surface area contributed by atoms with E-state index in [1.165, 1.54) is 0 Å². The third kappa shape index (κ3) is 2.11. The summed E-state index contributed by atoms with van der Waals surface area (Å²) in [6.07, 6.45) is 0. The second-order valence-corrected chi connectivity index (χ2v) is 3.75. The Kier molecular flexibility index (Phi) is 2.81. The van der Waals surface area contributed by atoms with Crippen molar-refractivity contribution in [2.24, 2.45) is 0 Å². The van der Waals surface area contributed by atoms with Crippen LogP contribution in [-0.2, 0) is 4.74 Å². The Balaban J connectivity index is 2.07. The molecule has 0 saturated heterocycles. The fourth-order valence-electron chi connectivity index (χ4n) is 1.72. The van der Waals surface area contributed by atoms with Gasteiger partial charge in [-0.25, -0.2) is 9.89 Å². The van der Waals surface area contributed by atoms with Crippen molar-refractivity contribution >= 4 is 11.0 Å². The molecule has 0 atom stereocenters. The fraction of sp³-hybridized carbons (Fsp3) is 0.167. The second kappa shape index (κ2) is 4.62. The van der Waals surface area contributed by atoms with Crippen molar-refractivity contribution in [3.05, 3.63) is 34.8 Å². The van der Waals surface area contributed by atoms with Crippen LogP contribution in [0, 0.1) is 0 Å². The molecule has 98 valence electrons. The van der Waals surface area contributed by atoms with Crippen molar-refractivity contribution < 1.29 is 18.3 Å². The van der Waals surface area contributed by atoms with Crippen molar-refractivity contribution in [3.8, 4) is 17.4 Å². The first-order chi connectivity index (χ1) is 9.28. The molecule has 7 heteroatoms. The minimum atomic E-state index is -0.633. The zero-order valence-corrected chi connectivity index (χ0v) is 10.0. The van der Waals surface area contributed by atoms with E-state index in [9.17, 15) is 4.79 Å². The van der Waals surface area contributed by atoms with Crippen molar-refractivity contribution in [3.63, 3.8) is 0 Å². The third-order valence-corrected chi connectivity index (χ3v) is 2.50. The van der Waals surface area contributed by atoms with E-state index in [0.29, 0.717) is 17.1 Å². The molecule has 2 aromatic heterocycles. The number of furan rings is 1. The molecule has 0 aliphatic carbocycles. The number of aromatic nitrogens is 2. The number of fused-ring (bicyclic) bond motifs is 1. The highest BCUT2D eigenvalue weighted by Gasteiger charge is 2.14. The average Bonchev–Trinajstić information content (AvgIpc) is 3.02. The van der Waals surface area contributed by atoms with Gasteiger partial charge in [-0.3, -0.25) is 0 Å². The van der Waals surface area contributed by atoms with Gasteiger partial charge in [-0.2, -0.15) is 0 Å². The van der Waals surface area contributed by atoms with Crippen LogP contribution in [0.2, 0.25) is 0 Å². The molecule has 7 nitrogen and oxygen atoms in total. The minimum absolute atomic E-state index is 0.0962. The van der Waals surface area contributed by atoms with E-state index in [1.807, 2.05) is 0 Å². The number of nitrogens with zero attached hydrogens (tertiary/aromatic N) is 1. The Morgan fingerprint density at radius 3 is 3.00 bits per heavy atom. The Hall–Kier alpha value is -2.54. The number of nitrogens with one attached hydrogen (secondary N) is 1. The van der Waals surface area contributed by atoms with Crippen LogP contribution in [0.4, 0.5) is 0 Å². The van der Waals surface area contributed by atoms with Gasteiger partial charge in [-0.15, -0.1) is 5.10 Å². The summed E-state index contributed by atoms with van der Waals surface area (Å²) in [6.45, 7) is 0.136. The smallest absolute Gasteiger partial charge is 0.434 e. The molecule has 0 radical (unpaired) electrons. The van der Waals surface area contributed by atoms with Gasteiger partial charge in [0, 0.05) is 13.2 Å². The number of methoxy groups -OCH3 is 1. The normalized spacial score (nSPS) is 11.0. The Bertz CT molecular complexity index is 755. The zero-order valence-electron chi connectivity index (χ0n) is 10.0. The molecular weight excluding hydrogens is 252 g/mol. The van der Waals surface area contributed by atoms with Gasteiger partial charge in [-0.05, 0) is 12.1 Å². The number of H-pyrrole nitrogens is 1. The maximum absolute atomic E-state index is 10.9. The molecule has 0 aliphatic heterocycles. The van der Waals surface area contributed by atoms with Gasteiger partial charge in [0.25, 0.3) is 5.89 Å². The average molecular weight is 262 g/mol. The molecular formula is C12H10N2O5. The van der Waals surface area contributed by atoms with Crippen LogP contribution in [-0.4, -0.2) is 24.1 Å². The summed E-state index contributed by atoms with van der Waals surface area (Å²) in [7, 11) is 1.54. The van der Waals surface area contributed by atoms with E-state index >= 15 is 0 Å². The number of aromatic amines is 1. The van der Waals surface area contributed by atoms with Crippen LogP contribution in [0.3, 0.4) is 0 Å². The number of rotatable bonds is 4. The Labute approximate surface area is 106 Å². The molecule has 0 unspecified atom stereocenters. The summed E-state index contributed by atoms with van der Waals surface area (Å²) < 4.78 is 20.7. The van der Waals surface area contributed by atoms with E-state index in [4.69, 9.17) is 18.3 Å². The molecule has 1 aromatic carbocycles. The van der Waals surface area contributed by atoms with Crippen molar-refractivity contribution in [2.75, 3.05) is 13.9 Å². The van der Waals surface area contributed by atoms with Crippen molar-refractivity contribution in [1.29, 1.82) is 0 Å². The van der Waals surface area contributed by atoms with Crippen LogP contribution in [0.25, 0.3) is 22.6 Å². The molecule has 0 bridgehead atoms. The van der Waals surface area contributed by atoms with E-state index in [2.05, 4.69) is 10.2 Å². The monoisotopic (exact) mass is 262 g/mol. The first-order valence-electron chi connectivity index (χ1n) is 5.48. The molecule has 2 heterocycles. The highest BCUT2D eigenvalue weighted by Crippen LogP contribution is 2.32. The molecule has 0 amide bonds. The number of ether oxygens (including phenoxy) is 2. The zero-order chi connectivity index (χ0) is 13.2. The van der Waals surface area contributed by atoms with E-state index < -0.39 is 5.76 Å². The minimum Gasteiger partial charge on any atom is -0.467 e. The lowest BCUT2D eigenvalue weighted by Crippen LogP contribution is -1.98. The fourth-order valence-corrected chi connectivity index (χ4v) is 1.72. The summed E-state index contributed by atoms with van der Waals surface area (Å²) in [5.74, 6) is 0.430. The summed E-state index contributed by atoms with van der Waals surface area (Å²) in [6, 6.07) is 7.06. The molecule has 3 rings (SSSR count). The van der Waals surface area contributed by atoms with Crippen LogP contribution in [0.5, 0.6) is 5.75 Å². The topological polar surface area (TPSA) is 90.5 Å². The van der Waals surface area contributed by atoms with Crippen LogP contribution < -0.4 is 10.5 Å². The van der Waals surface area contributed by atoms with Gasteiger partial charge < -0.3 is 18.3 Å². The molecule has 0 fully saturated rings. The molecule has 0 saturated carbocycles. The lowest BCUT2D eigenvalue weighted by Gasteiger charge is -2.04. The SMILES string of the molecule is COCOc1cccc2oc(-c3n[nH]c(=O)o3)cc12. The van der Waals surface area contributed by atoms with Gasteiger partial charge in [0.05, 0.1) is 5.39 Å². The van der Waals surface area contributed by atoms with E-state index in [-0.39, 0.29) is 12.7 Å². The highest BCUT2D eigenvalue weighted by molar-refractivity contribution is 5.87. The lowest BCUT2D eigenvalue weighted by molar-refractivity contribution is 0.0522. The second-order valence-electron chi connectivity index (χ2n) is 3.75. The predicted molar refractivity (Wildman–Crippen MR) is 64.8 cm³/mol. The van der Waals surface area contributed by atoms with Crippen LogP contribution in [0.1, 0.15) is 0 Å². The highest BCUT2D eigenvalue weighted by atomic mass is 16.7. The Morgan fingerprint density at radius 1 is 1.37 bits per heavy atom. The summed E-state index contributed by atoms with van der Waals surface area (Å²) >= 11 is 0. The summed E-state index contributed by atoms with van der Waals surface area (Å²) in [5, 5.41) is 6.64. The maximum atomic E-state index is 10.9. The summed E-state index contributed by atoms with van der Waals surface area (Å²) in [5.41, 5.74) is 0.606. The first kappa shape index (κ1) is 11.5. The number of benzene rings is 1. The van der Waals surface area contributed by atoms with Crippen LogP contribution >= 0.6 is 0 Å². The quantitative estimate of drug-likeness (QED) is 0.720. The van der Waals surface area contributed by atoms with E-state index in [0.717, 1.165) is 5.39 Å². The standard InChI is InChI=1S/C12H10N2O5/c1-16-6-17-8-3-2-4-9-7(8)5-10(18-9)11-13-14-12(15)19-11/h2-5H,6H2,1H3,(H,14,15). The Morgan fingerprint density at radius 2 is 2.26 bits per heavy atom. The van der Waals surface area contributed by atoms with Gasteiger partial charge in [-0.1, -0.05) is 6.07 Å². The van der Waals surface area contributed by atoms with Crippen LogP contribution in [0.15, 0.2) is 37.9 Å². The van der Waals surface area contributed by atoms with Crippen molar-refractivity contribution in [1.82, 2.24) is 10.2 Å². The first-order valence-corrected chi connectivity index (χ1v) is 5.48. The third-order valence-electron chi connectivity index (χ3n) is 2.50. The van der Waals surface area contributed by atoms with Gasteiger partial charge >= 0.3 is 5.76 Å². The predicted octanol–water partition coefficient (Wildman–Crippen LogP) is 1.76. The molecule has 1 N–H and O–H groups in total. The molecule has 0 aliphatic rings. The number of hydrogen-bond donors (Lipinski definition) is 1. The lowest BCUT2D eigenvalue weighted by atomic mass is 10.2. The molecule has 3 aromatic rings. The van der Waals surface area contributed by atoms with Gasteiger partial charge in [0.1, 0.15) is 11.3 Å². The molecule has 0 spiro atoms. The van der Waals surface area contributed by atoms with Crippen molar-refractivity contribution in [2.45, 2.75) is 0 Å². The van der Waals surface area contributed by atoms with E-state index in [1.54, 1.807) is 31.4 Å². The molecule has 19 heavy (non-hydrogen) atoms. The largest absolute Gasteiger partial charge is 0.467 e. The summed E-state index contributed by atoms with van der Waals surface area (Å²) in [4.78, 5) is 10.9. The maximum Gasteiger partial charge on any atom is 0.434 e. The van der Waals surface area contributed by atoms with Gasteiger partial charge in [0.2, 0.25) is 0 Å². The number of hydrogen-bond acceptors (Lipinski definition) is 6. The van der Waals surface area contributed by atoms with Gasteiger partial charge in [0.15, 0.2) is 12.6 Å².